The first-order chi connectivity index (χ1) is 11.7. The maximum absolute atomic E-state index is 12.3. The van der Waals surface area contributed by atoms with Gasteiger partial charge in [0.05, 0.1) is 6.54 Å². The molecule has 1 fully saturated rings. The fourth-order valence-corrected chi connectivity index (χ4v) is 2.97. The van der Waals surface area contributed by atoms with Crippen molar-refractivity contribution in [3.8, 4) is 0 Å². The first-order valence-corrected chi connectivity index (χ1v) is 8.32. The van der Waals surface area contributed by atoms with Crippen molar-refractivity contribution in [2.24, 2.45) is 0 Å². The molecule has 0 saturated carbocycles. The monoisotopic (exact) mass is 328 g/mol. The molecular weight excluding hydrogens is 304 g/mol. The fraction of sp³-hybridized carbons (Fsp3) is 0.471. The Morgan fingerprint density at radius 3 is 2.79 bits per heavy atom. The largest absolute Gasteiger partial charge is 0.353 e. The van der Waals surface area contributed by atoms with Crippen molar-refractivity contribution in [1.82, 2.24) is 29.7 Å². The molecule has 3 rings (SSSR count). The van der Waals surface area contributed by atoms with Crippen molar-refractivity contribution in [2.45, 2.75) is 25.6 Å². The number of amides is 2. The summed E-state index contributed by atoms with van der Waals surface area (Å²) in [6.07, 6.45) is 8.50. The van der Waals surface area contributed by atoms with E-state index in [0.717, 1.165) is 31.9 Å². The Kier molecular flexibility index (Phi) is 5.43. The molecule has 128 valence electrons. The van der Waals surface area contributed by atoms with Crippen LogP contribution in [0.4, 0.5) is 4.79 Å². The minimum absolute atomic E-state index is 0.0222. The molecule has 0 radical (unpaired) electrons. The molecule has 0 aromatic carbocycles. The lowest BCUT2D eigenvalue weighted by Gasteiger charge is -2.24. The maximum atomic E-state index is 12.3. The van der Waals surface area contributed by atoms with Crippen molar-refractivity contribution in [3.05, 3.63) is 48.8 Å². The van der Waals surface area contributed by atoms with E-state index in [1.165, 1.54) is 0 Å². The molecule has 0 unspecified atom stereocenters. The smallest absolute Gasteiger partial charge is 0.317 e. The Bertz CT molecular complexity index is 630. The number of carbonyl (C=O) groups excluding carboxylic acids is 1. The van der Waals surface area contributed by atoms with Gasteiger partial charge in [-0.05, 0) is 31.7 Å². The molecule has 2 amide bonds. The van der Waals surface area contributed by atoms with Crippen LogP contribution in [0.2, 0.25) is 0 Å². The molecular formula is C17H24N6O. The predicted octanol–water partition coefficient (Wildman–Crippen LogP) is 1.19. The average molecular weight is 328 g/mol. The van der Waals surface area contributed by atoms with Crippen molar-refractivity contribution < 1.29 is 4.79 Å². The van der Waals surface area contributed by atoms with Crippen LogP contribution in [0.25, 0.3) is 0 Å². The van der Waals surface area contributed by atoms with Gasteiger partial charge < -0.3 is 14.8 Å². The van der Waals surface area contributed by atoms with Gasteiger partial charge in [0, 0.05) is 57.0 Å². The summed E-state index contributed by atoms with van der Waals surface area (Å²) in [5.41, 5.74) is 0. The van der Waals surface area contributed by atoms with Gasteiger partial charge in [0.25, 0.3) is 0 Å². The average Bonchev–Trinajstić information content (AvgIpc) is 3.27. The second-order valence-corrected chi connectivity index (χ2v) is 6.12. The third-order valence-electron chi connectivity index (χ3n) is 4.40. The molecule has 0 bridgehead atoms. The third-order valence-corrected chi connectivity index (χ3v) is 4.40. The van der Waals surface area contributed by atoms with E-state index in [9.17, 15) is 4.79 Å². The number of nitrogens with one attached hydrogen (secondary N) is 1. The summed E-state index contributed by atoms with van der Waals surface area (Å²) < 4.78 is 2.06. The van der Waals surface area contributed by atoms with E-state index in [0.29, 0.717) is 19.1 Å². The van der Waals surface area contributed by atoms with Crippen LogP contribution < -0.4 is 5.32 Å². The number of aromatic nitrogens is 3. The van der Waals surface area contributed by atoms with Gasteiger partial charge in [0.15, 0.2) is 0 Å². The van der Waals surface area contributed by atoms with Gasteiger partial charge in [-0.3, -0.25) is 4.90 Å². The summed E-state index contributed by atoms with van der Waals surface area (Å²) >= 11 is 0. The minimum atomic E-state index is 0.0222. The molecule has 1 aliphatic rings. The number of urea groups is 1. The molecule has 3 heterocycles. The van der Waals surface area contributed by atoms with E-state index in [-0.39, 0.29) is 6.03 Å². The fourth-order valence-electron chi connectivity index (χ4n) is 2.97. The number of carbonyl (C=O) groups is 1. The van der Waals surface area contributed by atoms with Crippen molar-refractivity contribution >= 4 is 6.03 Å². The van der Waals surface area contributed by atoms with Gasteiger partial charge in [-0.25, -0.2) is 14.8 Å². The summed E-state index contributed by atoms with van der Waals surface area (Å²) in [4.78, 5) is 24.9. The molecule has 7 heteroatoms. The second kappa shape index (κ2) is 7.92. The first-order valence-electron chi connectivity index (χ1n) is 8.32. The molecule has 1 saturated heterocycles. The predicted molar refractivity (Wildman–Crippen MR) is 91.3 cm³/mol. The van der Waals surface area contributed by atoms with E-state index < -0.39 is 0 Å². The van der Waals surface area contributed by atoms with Crippen LogP contribution in [0.15, 0.2) is 43.0 Å². The number of likely N-dealkylation sites (tertiary alicyclic amines) is 1. The lowest BCUT2D eigenvalue weighted by atomic mass is 10.2. The van der Waals surface area contributed by atoms with Crippen LogP contribution in [-0.2, 0) is 13.1 Å². The zero-order valence-electron chi connectivity index (χ0n) is 14.0. The highest BCUT2D eigenvalue weighted by Gasteiger charge is 2.28. The number of hydrogen-bond acceptors (Lipinski definition) is 4. The Morgan fingerprint density at radius 2 is 2.04 bits per heavy atom. The Hall–Kier alpha value is -2.41. The van der Waals surface area contributed by atoms with Crippen LogP contribution >= 0.6 is 0 Å². The molecule has 2 aromatic rings. The van der Waals surface area contributed by atoms with Crippen molar-refractivity contribution in [3.63, 3.8) is 0 Å². The van der Waals surface area contributed by atoms with E-state index in [1.54, 1.807) is 12.4 Å². The van der Waals surface area contributed by atoms with Crippen LogP contribution in [0.1, 0.15) is 12.2 Å². The van der Waals surface area contributed by atoms with Crippen LogP contribution in [0.5, 0.6) is 0 Å². The zero-order valence-corrected chi connectivity index (χ0v) is 14.0. The van der Waals surface area contributed by atoms with E-state index in [1.807, 2.05) is 35.5 Å². The highest BCUT2D eigenvalue weighted by Crippen LogP contribution is 2.15. The van der Waals surface area contributed by atoms with E-state index >= 15 is 0 Å². The molecule has 1 atom stereocenters. The highest BCUT2D eigenvalue weighted by atomic mass is 16.2. The summed E-state index contributed by atoms with van der Waals surface area (Å²) in [6.45, 7) is 3.68. The van der Waals surface area contributed by atoms with Gasteiger partial charge in [-0.2, -0.15) is 0 Å². The van der Waals surface area contributed by atoms with E-state index in [4.69, 9.17) is 0 Å². The number of rotatable bonds is 6. The Labute approximate surface area is 142 Å². The second-order valence-electron chi connectivity index (χ2n) is 6.12. The lowest BCUT2D eigenvalue weighted by molar-refractivity contribution is 0.196. The molecule has 0 aliphatic carbocycles. The standard InChI is InChI=1S/C17H24N6O/c1-21(14-16-18-6-4-7-19-16)15-5-11-23(13-15)17(24)20-8-12-22-9-2-3-10-22/h2-4,6-7,9-10,15H,5,8,11-14H2,1H3,(H,20,24)/t15-/m0/s1. The molecule has 0 spiro atoms. The van der Waals surface area contributed by atoms with Gasteiger partial charge in [0.1, 0.15) is 5.82 Å². The van der Waals surface area contributed by atoms with Crippen molar-refractivity contribution in [2.75, 3.05) is 26.7 Å². The van der Waals surface area contributed by atoms with Crippen LogP contribution in [-0.4, -0.2) is 63.1 Å². The van der Waals surface area contributed by atoms with Gasteiger partial charge in [0.2, 0.25) is 0 Å². The lowest BCUT2D eigenvalue weighted by Crippen LogP contribution is -2.42. The number of nitrogens with zero attached hydrogens (tertiary/aromatic N) is 5. The van der Waals surface area contributed by atoms with E-state index in [2.05, 4.69) is 31.8 Å². The molecule has 7 nitrogen and oxygen atoms in total. The van der Waals surface area contributed by atoms with Crippen molar-refractivity contribution in [1.29, 1.82) is 0 Å². The molecule has 24 heavy (non-hydrogen) atoms. The number of likely N-dealkylation sites (N-methyl/N-ethyl adjacent to an activating group) is 1. The Morgan fingerprint density at radius 1 is 1.29 bits per heavy atom. The van der Waals surface area contributed by atoms with Crippen LogP contribution in [0.3, 0.4) is 0 Å². The summed E-state index contributed by atoms with van der Waals surface area (Å²) in [5.74, 6) is 0.814. The normalized spacial score (nSPS) is 17.4. The number of hydrogen-bond donors (Lipinski definition) is 1. The summed E-state index contributed by atoms with van der Waals surface area (Å²) in [5, 5.41) is 3.00. The first kappa shape index (κ1) is 16.4. The third kappa shape index (κ3) is 4.32. The van der Waals surface area contributed by atoms with Crippen LogP contribution in [0, 0.1) is 0 Å². The maximum Gasteiger partial charge on any atom is 0.317 e. The quantitative estimate of drug-likeness (QED) is 0.865. The van der Waals surface area contributed by atoms with Gasteiger partial charge in [-0.15, -0.1) is 0 Å². The topological polar surface area (TPSA) is 66.3 Å². The molecule has 1 aliphatic heterocycles. The summed E-state index contributed by atoms with van der Waals surface area (Å²) in [7, 11) is 2.06. The van der Waals surface area contributed by atoms with Gasteiger partial charge >= 0.3 is 6.03 Å². The molecule has 1 N–H and O–H groups in total. The Balaban J connectivity index is 1.41. The molecule has 2 aromatic heterocycles. The minimum Gasteiger partial charge on any atom is -0.353 e. The highest BCUT2D eigenvalue weighted by molar-refractivity contribution is 5.74. The SMILES string of the molecule is CN(Cc1ncccn1)[C@H]1CCN(C(=O)NCCn2cccc2)C1. The zero-order chi connectivity index (χ0) is 16.8. The van der Waals surface area contributed by atoms with Gasteiger partial charge in [-0.1, -0.05) is 0 Å². The summed E-state index contributed by atoms with van der Waals surface area (Å²) in [6, 6.07) is 6.16.